The number of benzene rings is 2. The molecular weight excluding hydrogens is 397 g/mol. The first-order chi connectivity index (χ1) is 11.9. The van der Waals surface area contributed by atoms with Crippen molar-refractivity contribution in [1.29, 1.82) is 0 Å². The number of nitrogens with zero attached hydrogens (tertiary/aromatic N) is 1. The number of carbonyl (C=O) groups is 2. The maximum Gasteiger partial charge on any atom is 0.273 e. The predicted octanol–water partition coefficient (Wildman–Crippen LogP) is 5.34. The molecule has 126 valence electrons. The van der Waals surface area contributed by atoms with Crippen LogP contribution in [0.15, 0.2) is 47.4 Å². The molecule has 0 radical (unpaired) electrons. The van der Waals surface area contributed by atoms with Crippen molar-refractivity contribution in [3.05, 3.63) is 74.1 Å². The molecule has 0 spiro atoms. The predicted molar refractivity (Wildman–Crippen MR) is 107 cm³/mol. The largest absolute Gasteiger partial charge is 0.273 e. The molecule has 0 saturated carbocycles. The van der Waals surface area contributed by atoms with Gasteiger partial charge in [-0.15, -0.1) is 0 Å². The van der Waals surface area contributed by atoms with Gasteiger partial charge < -0.3 is 0 Å². The third-order valence-electron chi connectivity index (χ3n) is 3.51. The standard InChI is InChI=1S/C18H11Cl2NO2S2/c1-10-3-2-4-12(7-10)16(22)21-17(23)15(25-18(21)24)8-11-5-6-13(19)9-14(11)20/h2-9H,1H3/b15-8+. The number of aryl methyl sites for hydroxylation is 1. The van der Waals surface area contributed by atoms with Crippen LogP contribution in [-0.4, -0.2) is 21.0 Å². The van der Waals surface area contributed by atoms with Gasteiger partial charge in [0.2, 0.25) is 0 Å². The highest BCUT2D eigenvalue weighted by Gasteiger charge is 2.37. The van der Waals surface area contributed by atoms with E-state index in [1.165, 1.54) is 0 Å². The molecule has 2 amide bonds. The number of hydrogen-bond donors (Lipinski definition) is 0. The van der Waals surface area contributed by atoms with E-state index in [9.17, 15) is 9.59 Å². The second-order valence-corrected chi connectivity index (χ2v) is 7.88. The van der Waals surface area contributed by atoms with Crippen LogP contribution in [0.4, 0.5) is 0 Å². The lowest BCUT2D eigenvalue weighted by Crippen LogP contribution is -2.34. The third kappa shape index (κ3) is 3.80. The summed E-state index contributed by atoms with van der Waals surface area (Å²) in [5.74, 6) is -0.885. The summed E-state index contributed by atoms with van der Waals surface area (Å²) in [4.78, 5) is 26.7. The highest BCUT2D eigenvalue weighted by Crippen LogP contribution is 2.35. The number of carbonyl (C=O) groups excluding carboxylic acids is 2. The minimum absolute atomic E-state index is 0.202. The summed E-state index contributed by atoms with van der Waals surface area (Å²) >= 11 is 18.3. The van der Waals surface area contributed by atoms with Crippen LogP contribution < -0.4 is 0 Å². The van der Waals surface area contributed by atoms with E-state index in [1.54, 1.807) is 42.5 Å². The van der Waals surface area contributed by atoms with Crippen molar-refractivity contribution < 1.29 is 9.59 Å². The Balaban J connectivity index is 1.92. The molecule has 1 fully saturated rings. The van der Waals surface area contributed by atoms with Crippen molar-refractivity contribution in [2.75, 3.05) is 0 Å². The van der Waals surface area contributed by atoms with Gasteiger partial charge in [-0.05, 0) is 42.8 Å². The zero-order valence-electron chi connectivity index (χ0n) is 13.0. The summed E-state index contributed by atoms with van der Waals surface area (Å²) in [6, 6.07) is 12.0. The second kappa shape index (κ2) is 7.30. The van der Waals surface area contributed by atoms with Crippen molar-refractivity contribution >= 4 is 69.4 Å². The molecule has 2 aromatic rings. The number of imide groups is 1. The van der Waals surface area contributed by atoms with Gasteiger partial charge in [-0.25, -0.2) is 4.90 Å². The molecule has 7 heteroatoms. The van der Waals surface area contributed by atoms with Crippen molar-refractivity contribution in [1.82, 2.24) is 4.90 Å². The molecule has 0 unspecified atom stereocenters. The topological polar surface area (TPSA) is 37.4 Å². The van der Waals surface area contributed by atoms with Crippen molar-refractivity contribution in [3.63, 3.8) is 0 Å². The molecule has 3 nitrogen and oxygen atoms in total. The lowest BCUT2D eigenvalue weighted by molar-refractivity contribution is -0.120. The molecule has 0 atom stereocenters. The van der Waals surface area contributed by atoms with Gasteiger partial charge in [-0.2, -0.15) is 0 Å². The fourth-order valence-electron chi connectivity index (χ4n) is 2.31. The lowest BCUT2D eigenvalue weighted by Gasteiger charge is -2.12. The molecule has 0 N–H and O–H groups in total. The van der Waals surface area contributed by atoms with E-state index in [2.05, 4.69) is 0 Å². The summed E-state index contributed by atoms with van der Waals surface area (Å²) in [6.45, 7) is 1.88. The van der Waals surface area contributed by atoms with Gasteiger partial charge >= 0.3 is 0 Å². The van der Waals surface area contributed by atoms with Crippen LogP contribution in [0.1, 0.15) is 21.5 Å². The average molecular weight is 408 g/mol. The Bertz CT molecular complexity index is 940. The zero-order chi connectivity index (χ0) is 18.1. The van der Waals surface area contributed by atoms with Crippen LogP contribution in [0.25, 0.3) is 6.08 Å². The highest BCUT2D eigenvalue weighted by molar-refractivity contribution is 8.26. The first kappa shape index (κ1) is 18.1. The average Bonchev–Trinajstić information content (AvgIpc) is 2.83. The number of amides is 2. The summed E-state index contributed by atoms with van der Waals surface area (Å²) in [5.41, 5.74) is 1.98. The minimum atomic E-state index is -0.451. The minimum Gasteiger partial charge on any atom is -0.268 e. The van der Waals surface area contributed by atoms with E-state index in [0.29, 0.717) is 26.1 Å². The Morgan fingerprint density at radius 1 is 1.20 bits per heavy atom. The van der Waals surface area contributed by atoms with E-state index in [4.69, 9.17) is 35.4 Å². The first-order valence-electron chi connectivity index (χ1n) is 7.21. The van der Waals surface area contributed by atoms with Gasteiger partial charge in [0.25, 0.3) is 11.8 Å². The van der Waals surface area contributed by atoms with Gasteiger partial charge in [-0.1, -0.05) is 70.9 Å². The molecule has 25 heavy (non-hydrogen) atoms. The highest BCUT2D eigenvalue weighted by atomic mass is 35.5. The molecule has 1 aliphatic rings. The molecule has 0 aromatic heterocycles. The summed E-state index contributed by atoms with van der Waals surface area (Å²) in [5, 5.41) is 0.923. The van der Waals surface area contributed by atoms with Gasteiger partial charge in [0.1, 0.15) is 0 Å². The SMILES string of the molecule is Cc1cccc(C(=O)N2C(=O)/C(=C\c3ccc(Cl)cc3Cl)SC2=S)c1. The molecule has 2 aromatic carbocycles. The molecule has 0 bridgehead atoms. The molecule has 0 aliphatic carbocycles. The smallest absolute Gasteiger partial charge is 0.268 e. The van der Waals surface area contributed by atoms with Gasteiger partial charge in [0.05, 0.1) is 4.91 Å². The van der Waals surface area contributed by atoms with Crippen LogP contribution in [0.3, 0.4) is 0 Å². The maximum absolute atomic E-state index is 12.7. The monoisotopic (exact) mass is 407 g/mol. The Hall–Kier alpha value is -1.66. The van der Waals surface area contributed by atoms with E-state index in [1.807, 2.05) is 13.0 Å². The zero-order valence-corrected chi connectivity index (χ0v) is 16.1. The van der Waals surface area contributed by atoms with Crippen LogP contribution in [-0.2, 0) is 4.79 Å². The van der Waals surface area contributed by atoms with Crippen LogP contribution in [0, 0.1) is 6.92 Å². The fourth-order valence-corrected chi connectivity index (χ4v) is 4.02. The van der Waals surface area contributed by atoms with Gasteiger partial charge in [-0.3, -0.25) is 9.59 Å². The molecule has 1 aliphatic heterocycles. The summed E-state index contributed by atoms with van der Waals surface area (Å²) in [6.07, 6.45) is 1.61. The Labute approximate surface area is 164 Å². The van der Waals surface area contributed by atoms with E-state index in [0.717, 1.165) is 22.2 Å². The number of thiocarbonyl (C=S) groups is 1. The maximum atomic E-state index is 12.7. The summed E-state index contributed by atoms with van der Waals surface area (Å²) in [7, 11) is 0. The second-order valence-electron chi connectivity index (χ2n) is 5.36. The lowest BCUT2D eigenvalue weighted by atomic mass is 10.1. The van der Waals surface area contributed by atoms with E-state index in [-0.39, 0.29) is 4.32 Å². The van der Waals surface area contributed by atoms with E-state index < -0.39 is 11.8 Å². The normalized spacial score (nSPS) is 16.0. The van der Waals surface area contributed by atoms with Crippen LogP contribution >= 0.6 is 47.2 Å². The van der Waals surface area contributed by atoms with Crippen molar-refractivity contribution in [2.24, 2.45) is 0 Å². The van der Waals surface area contributed by atoms with Gasteiger partial charge in [0, 0.05) is 15.6 Å². The molecular formula is C18H11Cl2NO2S2. The molecule has 1 heterocycles. The van der Waals surface area contributed by atoms with Crippen molar-refractivity contribution in [3.8, 4) is 0 Å². The number of thioether (sulfide) groups is 1. The summed E-state index contributed by atoms with van der Waals surface area (Å²) < 4.78 is 0.202. The number of hydrogen-bond acceptors (Lipinski definition) is 4. The number of rotatable bonds is 2. The quantitative estimate of drug-likeness (QED) is 0.382. The Kier molecular flexibility index (Phi) is 5.29. The van der Waals surface area contributed by atoms with Crippen LogP contribution in [0.5, 0.6) is 0 Å². The molecule has 3 rings (SSSR count). The number of halogens is 2. The Morgan fingerprint density at radius 3 is 2.64 bits per heavy atom. The third-order valence-corrected chi connectivity index (χ3v) is 5.38. The molecule has 1 saturated heterocycles. The van der Waals surface area contributed by atoms with E-state index >= 15 is 0 Å². The Morgan fingerprint density at radius 2 is 1.96 bits per heavy atom. The first-order valence-corrected chi connectivity index (χ1v) is 9.19. The van der Waals surface area contributed by atoms with Crippen LogP contribution in [0.2, 0.25) is 10.0 Å². The van der Waals surface area contributed by atoms with Gasteiger partial charge in [0.15, 0.2) is 4.32 Å². The van der Waals surface area contributed by atoms with Crippen molar-refractivity contribution in [2.45, 2.75) is 6.92 Å². The fraction of sp³-hybridized carbons (Fsp3) is 0.0556.